The minimum Gasteiger partial charge on any atom is -0.480 e. The first-order valence-corrected chi connectivity index (χ1v) is 5.28. The molecule has 4 heteroatoms. The number of nitrogens with two attached hydrogens (primary N) is 1. The summed E-state index contributed by atoms with van der Waals surface area (Å²) in [5.41, 5.74) is 5.13. The number of hydrogen-bond donors (Lipinski definition) is 2. The Morgan fingerprint density at radius 3 is 2.00 bits per heavy atom. The highest BCUT2D eigenvalue weighted by Crippen LogP contribution is 2.40. The molecule has 1 saturated carbocycles. The molecule has 1 fully saturated rings. The maximum Gasteiger partial charge on any atom is 0.323 e. The lowest BCUT2D eigenvalue weighted by Gasteiger charge is -2.39. The van der Waals surface area contributed by atoms with Crippen LogP contribution in [0.5, 0.6) is 0 Å². The first kappa shape index (κ1) is 14.7. The average molecular weight is 236 g/mol. The number of carboxylic acid groups (broad SMARTS) is 1. The number of carbonyl (C=O) groups is 1. The molecule has 0 heterocycles. The lowest BCUT2D eigenvalue weighted by atomic mass is 9.67. The second kappa shape index (κ2) is 4.71. The van der Waals surface area contributed by atoms with Crippen molar-refractivity contribution in [1.29, 1.82) is 0 Å². The van der Waals surface area contributed by atoms with Crippen molar-refractivity contribution in [2.75, 3.05) is 0 Å². The smallest absolute Gasteiger partial charge is 0.323 e. The zero-order valence-corrected chi connectivity index (χ0v) is 10.6. The second-order valence-corrected chi connectivity index (χ2v) is 5.60. The van der Waals surface area contributed by atoms with Crippen LogP contribution < -0.4 is 5.73 Å². The Hall–Kier alpha value is -0.280. The Kier molecular flexibility index (Phi) is 4.62. The molecule has 0 saturated heterocycles. The number of hydrogen-bond acceptors (Lipinski definition) is 2. The van der Waals surface area contributed by atoms with Gasteiger partial charge in [0.15, 0.2) is 0 Å². The van der Waals surface area contributed by atoms with E-state index < -0.39 is 11.5 Å². The molecule has 3 N–H and O–H groups in total. The topological polar surface area (TPSA) is 63.3 Å². The summed E-state index contributed by atoms with van der Waals surface area (Å²) in [6.07, 6.45) is 3.10. The van der Waals surface area contributed by atoms with Crippen LogP contribution in [0.4, 0.5) is 0 Å². The number of halogens is 1. The van der Waals surface area contributed by atoms with Gasteiger partial charge < -0.3 is 10.8 Å². The van der Waals surface area contributed by atoms with E-state index in [1.54, 1.807) is 0 Å². The highest BCUT2D eigenvalue weighted by molar-refractivity contribution is 5.85. The Labute approximate surface area is 97.8 Å². The Morgan fingerprint density at radius 1 is 1.33 bits per heavy atom. The van der Waals surface area contributed by atoms with E-state index in [1.807, 2.05) is 0 Å². The molecule has 0 aromatic rings. The summed E-state index contributed by atoms with van der Waals surface area (Å²) in [6.45, 7) is 6.63. The molecule has 0 bridgehead atoms. The van der Waals surface area contributed by atoms with Crippen LogP contribution in [0.2, 0.25) is 0 Å². The zero-order valence-electron chi connectivity index (χ0n) is 9.75. The van der Waals surface area contributed by atoms with Crippen molar-refractivity contribution >= 4 is 18.4 Å². The van der Waals surface area contributed by atoms with Crippen LogP contribution in [0.3, 0.4) is 0 Å². The first-order chi connectivity index (χ1) is 6.26. The van der Waals surface area contributed by atoms with Gasteiger partial charge in [-0.3, -0.25) is 4.79 Å². The highest BCUT2D eigenvalue weighted by Gasteiger charge is 2.40. The van der Waals surface area contributed by atoms with E-state index >= 15 is 0 Å². The molecule has 15 heavy (non-hydrogen) atoms. The van der Waals surface area contributed by atoms with Crippen LogP contribution in [-0.4, -0.2) is 16.6 Å². The van der Waals surface area contributed by atoms with Crippen LogP contribution in [0.1, 0.15) is 46.5 Å². The highest BCUT2D eigenvalue weighted by atomic mass is 35.5. The van der Waals surface area contributed by atoms with Gasteiger partial charge in [-0.25, -0.2) is 0 Å². The van der Waals surface area contributed by atoms with Gasteiger partial charge in [-0.2, -0.15) is 0 Å². The summed E-state index contributed by atoms with van der Waals surface area (Å²) in [4.78, 5) is 10.9. The van der Waals surface area contributed by atoms with E-state index in [2.05, 4.69) is 20.8 Å². The first-order valence-electron chi connectivity index (χ1n) is 5.28. The summed E-state index contributed by atoms with van der Waals surface area (Å²) in [7, 11) is 0. The molecule has 1 aliphatic rings. The SMILES string of the molecule is CC(C)(C)C1CCC(N)(C(=O)O)CC1.Cl. The van der Waals surface area contributed by atoms with Crippen molar-refractivity contribution in [2.24, 2.45) is 17.1 Å². The molecule has 0 radical (unpaired) electrons. The molecule has 3 nitrogen and oxygen atoms in total. The number of aliphatic carboxylic acids is 1. The minimum absolute atomic E-state index is 0. The number of carboxylic acids is 1. The standard InChI is InChI=1S/C11H21NO2.ClH/c1-10(2,3)8-4-6-11(12,7-5-8)9(13)14;/h8H,4-7,12H2,1-3H3,(H,13,14);1H. The van der Waals surface area contributed by atoms with Gasteiger partial charge in [0.25, 0.3) is 0 Å². The van der Waals surface area contributed by atoms with Crippen molar-refractivity contribution in [2.45, 2.75) is 52.0 Å². The van der Waals surface area contributed by atoms with Crippen LogP contribution in [0.15, 0.2) is 0 Å². The number of rotatable bonds is 1. The predicted octanol–water partition coefficient (Wildman–Crippen LogP) is 2.43. The van der Waals surface area contributed by atoms with Crippen molar-refractivity contribution in [3.63, 3.8) is 0 Å². The Balaban J connectivity index is 0.00000196. The van der Waals surface area contributed by atoms with E-state index in [4.69, 9.17) is 10.8 Å². The van der Waals surface area contributed by atoms with Gasteiger partial charge >= 0.3 is 5.97 Å². The quantitative estimate of drug-likeness (QED) is 0.734. The lowest BCUT2D eigenvalue weighted by molar-refractivity contribution is -0.145. The van der Waals surface area contributed by atoms with Crippen molar-refractivity contribution in [1.82, 2.24) is 0 Å². The van der Waals surface area contributed by atoms with Crippen LogP contribution in [-0.2, 0) is 4.79 Å². The summed E-state index contributed by atoms with van der Waals surface area (Å²) < 4.78 is 0. The fourth-order valence-electron chi connectivity index (χ4n) is 2.21. The molecule has 0 aliphatic heterocycles. The second-order valence-electron chi connectivity index (χ2n) is 5.60. The molecule has 0 amide bonds. The normalized spacial score (nSPS) is 31.9. The van der Waals surface area contributed by atoms with Gasteiger partial charge in [-0.05, 0) is 37.0 Å². The Bertz CT molecular complexity index is 227. The maximum absolute atomic E-state index is 10.9. The van der Waals surface area contributed by atoms with Gasteiger partial charge in [-0.1, -0.05) is 20.8 Å². The maximum atomic E-state index is 10.9. The van der Waals surface area contributed by atoms with Crippen LogP contribution >= 0.6 is 12.4 Å². The van der Waals surface area contributed by atoms with E-state index in [0.29, 0.717) is 18.8 Å². The van der Waals surface area contributed by atoms with E-state index in [-0.39, 0.29) is 17.8 Å². The third-order valence-corrected chi connectivity index (χ3v) is 3.53. The fraction of sp³-hybridized carbons (Fsp3) is 0.909. The van der Waals surface area contributed by atoms with Crippen molar-refractivity contribution in [3.8, 4) is 0 Å². The van der Waals surface area contributed by atoms with Crippen molar-refractivity contribution < 1.29 is 9.90 Å². The average Bonchev–Trinajstić information content (AvgIpc) is 2.03. The van der Waals surface area contributed by atoms with E-state index in [0.717, 1.165) is 12.8 Å². The van der Waals surface area contributed by atoms with Crippen LogP contribution in [0.25, 0.3) is 0 Å². The Morgan fingerprint density at radius 2 is 1.73 bits per heavy atom. The zero-order chi connectivity index (χ0) is 11.0. The summed E-state index contributed by atoms with van der Waals surface area (Å²) in [5.74, 6) is -0.233. The molecule has 1 aliphatic carbocycles. The third kappa shape index (κ3) is 3.35. The third-order valence-electron chi connectivity index (χ3n) is 3.53. The minimum atomic E-state index is -0.957. The summed E-state index contributed by atoms with van der Waals surface area (Å²) in [6, 6.07) is 0. The van der Waals surface area contributed by atoms with Crippen LogP contribution in [0, 0.1) is 11.3 Å². The molecule has 1 rings (SSSR count). The monoisotopic (exact) mass is 235 g/mol. The van der Waals surface area contributed by atoms with Gasteiger partial charge in [0, 0.05) is 0 Å². The summed E-state index contributed by atoms with van der Waals surface area (Å²) in [5, 5.41) is 8.96. The molecule has 0 atom stereocenters. The van der Waals surface area contributed by atoms with Gasteiger partial charge in [0.05, 0.1) is 0 Å². The molecule has 0 unspecified atom stereocenters. The molecule has 0 aromatic carbocycles. The molecule has 90 valence electrons. The van der Waals surface area contributed by atoms with E-state index in [1.165, 1.54) is 0 Å². The van der Waals surface area contributed by atoms with Gasteiger partial charge in [0.2, 0.25) is 0 Å². The molecule has 0 spiro atoms. The fourth-order valence-corrected chi connectivity index (χ4v) is 2.21. The molecular weight excluding hydrogens is 214 g/mol. The summed E-state index contributed by atoms with van der Waals surface area (Å²) >= 11 is 0. The van der Waals surface area contributed by atoms with E-state index in [9.17, 15) is 4.79 Å². The lowest BCUT2D eigenvalue weighted by Crippen LogP contribution is -2.51. The molecule has 0 aromatic heterocycles. The molecular formula is C11H22ClNO2. The largest absolute Gasteiger partial charge is 0.480 e. The van der Waals surface area contributed by atoms with Crippen molar-refractivity contribution in [3.05, 3.63) is 0 Å². The van der Waals surface area contributed by atoms with Gasteiger partial charge in [-0.15, -0.1) is 12.4 Å². The predicted molar refractivity (Wildman–Crippen MR) is 63.2 cm³/mol. The van der Waals surface area contributed by atoms with Gasteiger partial charge in [0.1, 0.15) is 5.54 Å².